The van der Waals surface area contributed by atoms with Gasteiger partial charge in [0.25, 0.3) is 5.91 Å². The molecule has 3 N–H and O–H groups in total. The van der Waals surface area contributed by atoms with E-state index in [4.69, 9.17) is 0 Å². The molecule has 0 atom stereocenters. The van der Waals surface area contributed by atoms with E-state index in [2.05, 4.69) is 20.8 Å². The molecule has 31 heavy (non-hydrogen) atoms. The van der Waals surface area contributed by atoms with E-state index in [1.54, 1.807) is 23.9 Å². The number of imidazole rings is 1. The van der Waals surface area contributed by atoms with E-state index in [9.17, 15) is 9.59 Å². The second-order valence-corrected chi connectivity index (χ2v) is 8.66. The van der Waals surface area contributed by atoms with Gasteiger partial charge < -0.3 is 4.98 Å². The summed E-state index contributed by atoms with van der Waals surface area (Å²) in [5.41, 5.74) is 8.42. The quantitative estimate of drug-likeness (QED) is 0.288. The summed E-state index contributed by atoms with van der Waals surface area (Å²) in [5.74, 6) is 0.341. The summed E-state index contributed by atoms with van der Waals surface area (Å²) >= 11 is 3.01. The first kappa shape index (κ1) is 21.0. The van der Waals surface area contributed by atoms with E-state index in [0.717, 1.165) is 32.4 Å². The number of H-pyrrole nitrogens is 1. The van der Waals surface area contributed by atoms with Crippen LogP contribution < -0.4 is 10.9 Å². The van der Waals surface area contributed by atoms with Gasteiger partial charge in [0.05, 0.1) is 16.8 Å². The number of nitrogens with one attached hydrogen (secondary N) is 3. The number of hydrogen-bond donors (Lipinski definition) is 3. The van der Waals surface area contributed by atoms with Gasteiger partial charge >= 0.3 is 0 Å². The van der Waals surface area contributed by atoms with Crippen LogP contribution in [0.2, 0.25) is 0 Å². The summed E-state index contributed by atoms with van der Waals surface area (Å²) in [6.45, 7) is 0. The number of amides is 2. The van der Waals surface area contributed by atoms with Crippen molar-refractivity contribution in [2.24, 2.45) is 0 Å². The Labute approximate surface area is 188 Å². The van der Waals surface area contributed by atoms with Crippen LogP contribution in [0, 0.1) is 0 Å². The number of aromatic nitrogens is 2. The lowest BCUT2D eigenvalue weighted by Crippen LogP contribution is -2.42. The van der Waals surface area contributed by atoms with Crippen LogP contribution in [0.5, 0.6) is 0 Å². The fraction of sp³-hybridized carbons (Fsp3) is 0.0870. The molecule has 0 aliphatic carbocycles. The highest BCUT2D eigenvalue weighted by Crippen LogP contribution is 2.23. The van der Waals surface area contributed by atoms with E-state index >= 15 is 0 Å². The van der Waals surface area contributed by atoms with Gasteiger partial charge in [-0.05, 0) is 42.0 Å². The molecule has 0 bridgehead atoms. The largest absolute Gasteiger partial charge is 0.333 e. The number of hydrogen-bond acceptors (Lipinski definition) is 5. The number of fused-ring (bicyclic) bond motifs is 1. The summed E-state index contributed by atoms with van der Waals surface area (Å²) in [7, 11) is 0. The minimum atomic E-state index is -0.352. The fourth-order valence-corrected chi connectivity index (χ4v) is 4.36. The van der Waals surface area contributed by atoms with Crippen molar-refractivity contribution in [2.45, 2.75) is 15.8 Å². The number of nitrogens with zero attached hydrogens (tertiary/aromatic N) is 1. The van der Waals surface area contributed by atoms with E-state index < -0.39 is 0 Å². The average molecular weight is 449 g/mol. The van der Waals surface area contributed by atoms with Crippen LogP contribution >= 0.6 is 23.5 Å². The van der Waals surface area contributed by atoms with Gasteiger partial charge in [-0.1, -0.05) is 54.2 Å². The zero-order valence-electron chi connectivity index (χ0n) is 16.5. The van der Waals surface area contributed by atoms with Gasteiger partial charge in [-0.25, -0.2) is 4.98 Å². The summed E-state index contributed by atoms with van der Waals surface area (Å²) in [6.07, 6.45) is 0. The Morgan fingerprint density at radius 1 is 0.839 bits per heavy atom. The molecule has 156 valence electrons. The lowest BCUT2D eigenvalue weighted by molar-refractivity contribution is -0.119. The third-order valence-corrected chi connectivity index (χ3v) is 6.34. The van der Waals surface area contributed by atoms with Crippen LogP contribution in [0.3, 0.4) is 0 Å². The highest BCUT2D eigenvalue weighted by Gasteiger charge is 2.09. The molecule has 4 aromatic rings. The van der Waals surface area contributed by atoms with Gasteiger partial charge in [-0.2, -0.15) is 0 Å². The van der Waals surface area contributed by atoms with Crippen molar-refractivity contribution < 1.29 is 9.59 Å². The minimum absolute atomic E-state index is 0.224. The molecule has 0 aliphatic rings. The Balaban J connectivity index is 1.23. The Hall–Kier alpha value is -3.23. The fourth-order valence-electron chi connectivity index (χ4n) is 2.80. The van der Waals surface area contributed by atoms with Crippen LogP contribution in [0.15, 0.2) is 88.9 Å². The molecule has 8 heteroatoms. The molecule has 0 aliphatic heterocycles. The minimum Gasteiger partial charge on any atom is -0.333 e. The van der Waals surface area contributed by atoms with Crippen molar-refractivity contribution in [1.82, 2.24) is 20.8 Å². The second kappa shape index (κ2) is 10.2. The average Bonchev–Trinajstić information content (AvgIpc) is 3.24. The number of hydrazine groups is 1. The maximum absolute atomic E-state index is 12.3. The summed E-state index contributed by atoms with van der Waals surface area (Å²) in [4.78, 5) is 33.0. The van der Waals surface area contributed by atoms with Gasteiger partial charge in [-0.15, -0.1) is 11.8 Å². The van der Waals surface area contributed by atoms with Crippen molar-refractivity contribution in [3.63, 3.8) is 0 Å². The molecule has 0 saturated carbocycles. The Kier molecular flexibility index (Phi) is 6.91. The Morgan fingerprint density at radius 2 is 1.58 bits per heavy atom. The number of rotatable bonds is 7. The molecule has 2 amide bonds. The van der Waals surface area contributed by atoms with Gasteiger partial charge in [0.1, 0.15) is 0 Å². The maximum Gasteiger partial charge on any atom is 0.269 e. The Bertz CT molecular complexity index is 1140. The molecule has 4 rings (SSSR count). The monoisotopic (exact) mass is 448 g/mol. The first-order chi connectivity index (χ1) is 15.2. The predicted molar refractivity (Wildman–Crippen MR) is 125 cm³/mol. The zero-order valence-corrected chi connectivity index (χ0v) is 18.1. The van der Waals surface area contributed by atoms with Crippen molar-refractivity contribution in [2.75, 3.05) is 5.75 Å². The molecule has 1 aromatic heterocycles. The predicted octanol–water partition coefficient (Wildman–Crippen LogP) is 4.41. The normalized spacial score (nSPS) is 10.7. The van der Waals surface area contributed by atoms with Crippen molar-refractivity contribution in [1.29, 1.82) is 0 Å². The standard InChI is InChI=1S/C23H20N4O2S2/c28-21(15-30-18-6-2-1-3-7-18)26-27-22(29)17-12-10-16(11-13-17)14-31-23-24-19-8-4-5-9-20(19)25-23/h1-13H,14-15H2,(H,24,25)(H,26,28)(H,27,29). The summed E-state index contributed by atoms with van der Waals surface area (Å²) in [5, 5.41) is 0.860. The van der Waals surface area contributed by atoms with E-state index in [1.807, 2.05) is 66.7 Å². The smallest absolute Gasteiger partial charge is 0.269 e. The van der Waals surface area contributed by atoms with E-state index in [-0.39, 0.29) is 17.6 Å². The maximum atomic E-state index is 12.3. The molecule has 0 saturated heterocycles. The second-order valence-electron chi connectivity index (χ2n) is 6.65. The number of benzene rings is 3. The van der Waals surface area contributed by atoms with Gasteiger partial charge in [-0.3, -0.25) is 20.4 Å². The molecule has 1 heterocycles. The van der Waals surface area contributed by atoms with E-state index in [0.29, 0.717) is 5.56 Å². The molecular formula is C23H20N4O2S2. The highest BCUT2D eigenvalue weighted by molar-refractivity contribution is 8.00. The molecular weight excluding hydrogens is 428 g/mol. The lowest BCUT2D eigenvalue weighted by Gasteiger charge is -2.08. The SMILES string of the molecule is O=C(CSc1ccccc1)NNC(=O)c1ccc(CSc2nc3ccccc3[nH]2)cc1. The van der Waals surface area contributed by atoms with Crippen LogP contribution in [-0.4, -0.2) is 27.5 Å². The van der Waals surface area contributed by atoms with Crippen LogP contribution in [-0.2, 0) is 10.5 Å². The zero-order chi connectivity index (χ0) is 21.5. The summed E-state index contributed by atoms with van der Waals surface area (Å²) in [6, 6.07) is 24.8. The number of thioether (sulfide) groups is 2. The molecule has 6 nitrogen and oxygen atoms in total. The van der Waals surface area contributed by atoms with Crippen LogP contribution in [0.4, 0.5) is 0 Å². The van der Waals surface area contributed by atoms with Crippen LogP contribution in [0.1, 0.15) is 15.9 Å². The third kappa shape index (κ3) is 5.90. The first-order valence-corrected chi connectivity index (χ1v) is 11.6. The number of aromatic amines is 1. The number of carbonyl (C=O) groups is 2. The van der Waals surface area contributed by atoms with Gasteiger partial charge in [0.15, 0.2) is 5.16 Å². The highest BCUT2D eigenvalue weighted by atomic mass is 32.2. The van der Waals surface area contributed by atoms with Crippen molar-refractivity contribution in [3.8, 4) is 0 Å². The van der Waals surface area contributed by atoms with Gasteiger partial charge in [0, 0.05) is 16.2 Å². The molecule has 0 radical (unpaired) electrons. The first-order valence-electron chi connectivity index (χ1n) is 9.61. The Morgan fingerprint density at radius 3 is 2.35 bits per heavy atom. The third-order valence-electron chi connectivity index (χ3n) is 4.39. The molecule has 0 fully saturated rings. The number of carbonyl (C=O) groups excluding carboxylic acids is 2. The lowest BCUT2D eigenvalue weighted by atomic mass is 10.1. The molecule has 0 spiro atoms. The van der Waals surface area contributed by atoms with Crippen molar-refractivity contribution in [3.05, 3.63) is 90.0 Å². The summed E-state index contributed by atoms with van der Waals surface area (Å²) < 4.78 is 0. The van der Waals surface area contributed by atoms with Crippen molar-refractivity contribution >= 4 is 46.4 Å². The van der Waals surface area contributed by atoms with Crippen LogP contribution in [0.25, 0.3) is 11.0 Å². The molecule has 3 aromatic carbocycles. The topological polar surface area (TPSA) is 86.9 Å². The molecule has 0 unspecified atom stereocenters. The van der Waals surface area contributed by atoms with Gasteiger partial charge in [0.2, 0.25) is 5.91 Å². The number of para-hydroxylation sites is 2. The van der Waals surface area contributed by atoms with E-state index in [1.165, 1.54) is 11.8 Å².